The van der Waals surface area contributed by atoms with Crippen LogP contribution in [0.5, 0.6) is 0 Å². The van der Waals surface area contributed by atoms with Crippen LogP contribution in [0.1, 0.15) is 63.9 Å². The molecule has 214 valence electrons. The van der Waals surface area contributed by atoms with Crippen LogP contribution in [-0.2, 0) is 38.2 Å². The van der Waals surface area contributed by atoms with Crippen LogP contribution >= 0.6 is 0 Å². The lowest BCUT2D eigenvalue weighted by Crippen LogP contribution is -2.53. The van der Waals surface area contributed by atoms with E-state index >= 15 is 0 Å². The van der Waals surface area contributed by atoms with Crippen molar-refractivity contribution >= 4 is 29.7 Å². The number of likely N-dealkylation sites (N-methyl/N-ethyl adjacent to an activating group) is 1. The Balaban J connectivity index is 1.99. The highest BCUT2D eigenvalue weighted by atomic mass is 16.6. The number of rotatable bonds is 3. The third-order valence-electron chi connectivity index (χ3n) is 6.71. The summed E-state index contributed by atoms with van der Waals surface area (Å²) in [6.07, 6.45) is -3.88. The average Bonchev–Trinajstić information content (AvgIpc) is 2.94. The number of carbonyl (C=O) groups is 5. The zero-order valence-electron chi connectivity index (χ0n) is 23.4. The molecule has 10 nitrogen and oxygen atoms in total. The van der Waals surface area contributed by atoms with Gasteiger partial charge in [0.2, 0.25) is 5.91 Å². The third kappa shape index (κ3) is 7.91. The molecule has 0 bridgehead atoms. The van der Waals surface area contributed by atoms with E-state index in [1.54, 1.807) is 74.5 Å². The van der Waals surface area contributed by atoms with Crippen molar-refractivity contribution in [2.24, 2.45) is 5.92 Å². The molecule has 0 aliphatic carbocycles. The lowest BCUT2D eigenvalue weighted by molar-refractivity contribution is -0.168. The van der Waals surface area contributed by atoms with Gasteiger partial charge in [0.1, 0.15) is 24.3 Å². The van der Waals surface area contributed by atoms with Gasteiger partial charge >= 0.3 is 17.9 Å². The normalized spacial score (nSPS) is 25.9. The Kier molecular flexibility index (Phi) is 10.4. The summed E-state index contributed by atoms with van der Waals surface area (Å²) in [5.41, 5.74) is 1.11. The number of amides is 2. The number of esters is 3. The molecule has 0 unspecified atom stereocenters. The Morgan fingerprint density at radius 2 is 1.23 bits per heavy atom. The molecule has 0 radical (unpaired) electrons. The molecule has 10 heteroatoms. The zero-order valence-corrected chi connectivity index (χ0v) is 23.4. The largest absolute Gasteiger partial charge is 0.457 e. The predicted molar refractivity (Wildman–Crippen MR) is 144 cm³/mol. The van der Waals surface area contributed by atoms with Gasteiger partial charge in [-0.25, -0.2) is 4.79 Å². The van der Waals surface area contributed by atoms with Gasteiger partial charge < -0.3 is 24.4 Å². The van der Waals surface area contributed by atoms with Crippen LogP contribution in [0, 0.1) is 5.92 Å². The van der Waals surface area contributed by atoms with Crippen LogP contribution in [0.15, 0.2) is 60.7 Å². The number of hydrogen-bond acceptors (Lipinski definition) is 8. The molecule has 40 heavy (non-hydrogen) atoms. The predicted octanol–water partition coefficient (Wildman–Crippen LogP) is 3.27. The van der Waals surface area contributed by atoms with Gasteiger partial charge in [0.25, 0.3) is 5.91 Å². The summed E-state index contributed by atoms with van der Waals surface area (Å²) in [6, 6.07) is 15.3. The monoisotopic (exact) mass is 552 g/mol. The molecular formula is C30H36N2O8. The van der Waals surface area contributed by atoms with Crippen molar-refractivity contribution in [3.05, 3.63) is 71.8 Å². The quantitative estimate of drug-likeness (QED) is 0.454. The van der Waals surface area contributed by atoms with Crippen LogP contribution < -0.4 is 5.32 Å². The van der Waals surface area contributed by atoms with Crippen molar-refractivity contribution in [1.29, 1.82) is 0 Å². The first-order valence-corrected chi connectivity index (χ1v) is 13.2. The maximum atomic E-state index is 13.3. The highest BCUT2D eigenvalue weighted by Gasteiger charge is 2.36. The van der Waals surface area contributed by atoms with Crippen molar-refractivity contribution in [1.82, 2.24) is 10.2 Å². The van der Waals surface area contributed by atoms with Gasteiger partial charge in [0, 0.05) is 7.05 Å². The first-order valence-electron chi connectivity index (χ1n) is 13.2. The van der Waals surface area contributed by atoms with Gasteiger partial charge in [-0.3, -0.25) is 19.2 Å². The number of nitrogens with one attached hydrogen (secondary N) is 1. The molecule has 0 aromatic heterocycles. The molecule has 2 amide bonds. The Bertz CT molecular complexity index is 1200. The Hall–Kier alpha value is -4.21. The molecule has 5 atom stereocenters. The standard InChI is InChI=1S/C30H36N2O8/c1-18(2)27-29(36)32(5)20(4)28(35)31-19(3)30(37)39-24(22-14-10-7-11-15-22)17-25(33)38-23(16-26(34)40-27)21-12-8-6-9-13-21/h6-15,18-20,23-24,27H,16-17H2,1-5H3,(H,31,35)/t19-,20-,23-,24-,27-/m0/s1. The molecule has 1 heterocycles. The second-order valence-corrected chi connectivity index (χ2v) is 10.1. The van der Waals surface area contributed by atoms with Gasteiger partial charge in [-0.1, -0.05) is 74.5 Å². The molecular weight excluding hydrogens is 516 g/mol. The number of carbonyl (C=O) groups excluding carboxylic acids is 5. The van der Waals surface area contributed by atoms with E-state index in [1.807, 2.05) is 0 Å². The third-order valence-corrected chi connectivity index (χ3v) is 6.71. The number of benzene rings is 2. The minimum Gasteiger partial charge on any atom is -0.457 e. The summed E-state index contributed by atoms with van der Waals surface area (Å²) in [7, 11) is 1.42. The van der Waals surface area contributed by atoms with Crippen molar-refractivity contribution in [2.45, 2.75) is 70.9 Å². The van der Waals surface area contributed by atoms with Gasteiger partial charge in [0.05, 0.1) is 12.8 Å². The first-order chi connectivity index (χ1) is 19.0. The fraction of sp³-hybridized carbons (Fsp3) is 0.433. The molecule has 0 spiro atoms. The second kappa shape index (κ2) is 13.7. The van der Waals surface area contributed by atoms with Crippen molar-refractivity contribution in [2.75, 3.05) is 7.05 Å². The molecule has 1 aliphatic rings. The molecule has 1 saturated heterocycles. The van der Waals surface area contributed by atoms with Crippen LogP contribution in [0.2, 0.25) is 0 Å². The van der Waals surface area contributed by atoms with Gasteiger partial charge in [-0.15, -0.1) is 0 Å². The number of nitrogens with zero attached hydrogens (tertiary/aromatic N) is 1. The van der Waals surface area contributed by atoms with E-state index in [2.05, 4.69) is 5.32 Å². The molecule has 2 aromatic carbocycles. The van der Waals surface area contributed by atoms with Crippen molar-refractivity contribution in [3.63, 3.8) is 0 Å². The average molecular weight is 553 g/mol. The second-order valence-electron chi connectivity index (χ2n) is 10.1. The van der Waals surface area contributed by atoms with Crippen molar-refractivity contribution < 1.29 is 38.2 Å². The zero-order chi connectivity index (χ0) is 29.4. The molecule has 1 fully saturated rings. The van der Waals surface area contributed by atoms with Crippen LogP contribution in [0.4, 0.5) is 0 Å². The van der Waals surface area contributed by atoms with E-state index in [0.717, 1.165) is 0 Å². The van der Waals surface area contributed by atoms with Crippen LogP contribution in [0.25, 0.3) is 0 Å². The first kappa shape index (κ1) is 30.3. The number of ether oxygens (including phenoxy) is 3. The fourth-order valence-corrected chi connectivity index (χ4v) is 4.16. The van der Waals surface area contributed by atoms with Crippen molar-refractivity contribution in [3.8, 4) is 0 Å². The Morgan fingerprint density at radius 1 is 0.750 bits per heavy atom. The van der Waals surface area contributed by atoms with E-state index < -0.39 is 66.0 Å². The maximum absolute atomic E-state index is 13.3. The Labute approximate surface area is 234 Å². The molecule has 0 saturated carbocycles. The molecule has 3 rings (SSSR count). The van der Waals surface area contributed by atoms with E-state index in [0.29, 0.717) is 11.1 Å². The summed E-state index contributed by atoms with van der Waals surface area (Å²) < 4.78 is 17.0. The fourth-order valence-electron chi connectivity index (χ4n) is 4.16. The van der Waals surface area contributed by atoms with E-state index in [1.165, 1.54) is 25.8 Å². The topological polar surface area (TPSA) is 128 Å². The lowest BCUT2D eigenvalue weighted by atomic mass is 10.0. The summed E-state index contributed by atoms with van der Waals surface area (Å²) in [4.78, 5) is 66.6. The summed E-state index contributed by atoms with van der Waals surface area (Å²) in [5.74, 6) is -3.81. The molecule has 2 aromatic rings. The van der Waals surface area contributed by atoms with Crippen LogP contribution in [-0.4, -0.2) is 59.9 Å². The smallest absolute Gasteiger partial charge is 0.328 e. The van der Waals surface area contributed by atoms with Gasteiger partial charge in [0.15, 0.2) is 6.10 Å². The molecule has 1 aliphatic heterocycles. The summed E-state index contributed by atoms with van der Waals surface area (Å²) in [5, 5.41) is 2.56. The SMILES string of the molecule is CC(C)[C@@H]1OC(=O)C[C@@H](c2ccccc2)OC(=O)C[C@@H](c2ccccc2)OC(=O)[C@H](C)NC(=O)[C@H](C)N(C)C1=O. The number of hydrogen-bond donors (Lipinski definition) is 1. The minimum absolute atomic E-state index is 0.332. The van der Waals surface area contributed by atoms with E-state index in [4.69, 9.17) is 14.2 Å². The summed E-state index contributed by atoms with van der Waals surface area (Å²) >= 11 is 0. The maximum Gasteiger partial charge on any atom is 0.328 e. The number of cyclic esters (lactones) is 3. The highest BCUT2D eigenvalue weighted by molar-refractivity contribution is 5.92. The Morgan fingerprint density at radius 3 is 1.73 bits per heavy atom. The minimum atomic E-state index is -1.18. The highest BCUT2D eigenvalue weighted by Crippen LogP contribution is 2.28. The summed E-state index contributed by atoms with van der Waals surface area (Å²) in [6.45, 7) is 6.39. The van der Waals surface area contributed by atoms with Crippen LogP contribution in [0.3, 0.4) is 0 Å². The van der Waals surface area contributed by atoms with E-state index in [9.17, 15) is 24.0 Å². The van der Waals surface area contributed by atoms with Gasteiger partial charge in [-0.05, 0) is 30.9 Å². The molecule has 1 N–H and O–H groups in total. The van der Waals surface area contributed by atoms with Gasteiger partial charge in [-0.2, -0.15) is 0 Å². The van der Waals surface area contributed by atoms with E-state index in [-0.39, 0.29) is 12.8 Å². The lowest BCUT2D eigenvalue weighted by Gasteiger charge is -2.30.